The van der Waals surface area contributed by atoms with Gasteiger partial charge in [-0.1, -0.05) is 60.0 Å². The summed E-state index contributed by atoms with van der Waals surface area (Å²) < 4.78 is 46.0. The largest absolute Gasteiger partial charge is 0.367 e. The van der Waals surface area contributed by atoms with Gasteiger partial charge >= 0.3 is 0 Å². The van der Waals surface area contributed by atoms with E-state index >= 15 is 0 Å². The van der Waals surface area contributed by atoms with Gasteiger partial charge in [-0.05, 0) is 32.1 Å². The summed E-state index contributed by atoms with van der Waals surface area (Å²) in [5, 5.41) is 0. The third-order valence-electron chi connectivity index (χ3n) is 2.95. The Balaban J connectivity index is 2.56. The Bertz CT molecular complexity index is 734. The predicted molar refractivity (Wildman–Crippen MR) is 84.0 cm³/mol. The molecule has 0 aliphatic heterocycles. The van der Waals surface area contributed by atoms with Gasteiger partial charge < -0.3 is 9.64 Å². The van der Waals surface area contributed by atoms with Gasteiger partial charge in [0.25, 0.3) is 0 Å². The molecule has 0 saturated carbocycles. The molecule has 0 saturated heterocycles. The molecule has 0 spiro atoms. The van der Waals surface area contributed by atoms with Crippen LogP contribution >= 0.6 is 0 Å². The molecule has 0 aromatic heterocycles. The van der Waals surface area contributed by atoms with Crippen molar-refractivity contribution < 1.29 is 11.6 Å². The Labute approximate surface area is 129 Å². The van der Waals surface area contributed by atoms with Crippen LogP contribution in [0, 0.1) is 6.92 Å². The van der Waals surface area contributed by atoms with Gasteiger partial charge in [0.15, 0.2) is 0 Å². The number of ether oxygens (including phenoxy) is 1. The lowest BCUT2D eigenvalue weighted by atomic mass is 10.00. The van der Waals surface area contributed by atoms with E-state index in [0.717, 1.165) is 11.1 Å². The van der Waals surface area contributed by atoms with Crippen molar-refractivity contribution in [2.75, 3.05) is 27.2 Å². The summed E-state index contributed by atoms with van der Waals surface area (Å²) in [6.45, 7) is 3.00. The highest BCUT2D eigenvalue weighted by Gasteiger charge is 2.14. The molecule has 1 atom stereocenters. The van der Waals surface area contributed by atoms with Crippen molar-refractivity contribution in [2.45, 2.75) is 13.0 Å². The van der Waals surface area contributed by atoms with Gasteiger partial charge in [0.1, 0.15) is 6.10 Å². The van der Waals surface area contributed by atoms with Crippen molar-refractivity contribution in [1.29, 1.82) is 0 Å². The monoisotopic (exact) mass is 274 g/mol. The first-order chi connectivity index (χ1) is 11.7. The van der Waals surface area contributed by atoms with Crippen molar-refractivity contribution in [3.63, 3.8) is 0 Å². The zero-order valence-electron chi connectivity index (χ0n) is 17.2. The number of benzene rings is 2. The average Bonchev–Trinajstić information content (AvgIpc) is 2.56. The first-order valence-corrected chi connectivity index (χ1v) is 6.63. The van der Waals surface area contributed by atoms with Gasteiger partial charge in [0.05, 0.1) is 13.5 Å². The zero-order chi connectivity index (χ0) is 18.7. The van der Waals surface area contributed by atoms with Crippen LogP contribution in [0.4, 0.5) is 0 Å². The smallest absolute Gasteiger partial charge is 0.108 e. The summed E-state index contributed by atoms with van der Waals surface area (Å²) >= 11 is 0. The molecule has 0 fully saturated rings. The van der Waals surface area contributed by atoms with Crippen LogP contribution in [-0.4, -0.2) is 32.1 Å². The first kappa shape index (κ1) is 9.32. The standard InChI is InChI=1S/C18H23NO/c1-15-8-7-11-17(14-15)18(20-13-12-19(2)3)16-9-5-4-6-10-16/h4-11,14,18H,12-13H2,1-3H3/i4D,5D,6D,9D,10D. The summed E-state index contributed by atoms with van der Waals surface area (Å²) in [7, 11) is 3.85. The molecule has 2 aromatic carbocycles. The van der Waals surface area contributed by atoms with E-state index in [1.807, 2.05) is 50.2 Å². The van der Waals surface area contributed by atoms with E-state index in [4.69, 9.17) is 11.6 Å². The van der Waals surface area contributed by atoms with Gasteiger partial charge in [-0.2, -0.15) is 0 Å². The maximum absolute atomic E-state index is 8.23. The zero-order valence-corrected chi connectivity index (χ0v) is 12.2. The van der Waals surface area contributed by atoms with Crippen molar-refractivity contribution in [3.8, 4) is 0 Å². The molecule has 2 heteroatoms. The fourth-order valence-electron chi connectivity index (χ4n) is 1.92. The van der Waals surface area contributed by atoms with E-state index in [9.17, 15) is 0 Å². The maximum Gasteiger partial charge on any atom is 0.108 e. The summed E-state index contributed by atoms with van der Waals surface area (Å²) in [4.78, 5) is 1.97. The minimum Gasteiger partial charge on any atom is -0.367 e. The molecule has 1 unspecified atom stereocenters. The fraction of sp³-hybridized carbons (Fsp3) is 0.333. The molecule has 0 heterocycles. The lowest BCUT2D eigenvalue weighted by Gasteiger charge is -2.20. The fourth-order valence-corrected chi connectivity index (χ4v) is 1.92. The van der Waals surface area contributed by atoms with Crippen molar-refractivity contribution in [2.24, 2.45) is 0 Å². The van der Waals surface area contributed by atoms with Gasteiger partial charge in [-0.25, -0.2) is 0 Å². The van der Waals surface area contributed by atoms with Gasteiger partial charge in [0.2, 0.25) is 0 Å². The van der Waals surface area contributed by atoms with Crippen LogP contribution in [-0.2, 0) is 4.74 Å². The highest BCUT2D eigenvalue weighted by atomic mass is 16.5. The Hall–Kier alpha value is -1.64. The van der Waals surface area contributed by atoms with Crippen molar-refractivity contribution >= 4 is 0 Å². The third-order valence-corrected chi connectivity index (χ3v) is 2.95. The van der Waals surface area contributed by atoms with E-state index in [-0.39, 0.29) is 29.7 Å². The second kappa shape index (κ2) is 7.22. The lowest BCUT2D eigenvalue weighted by molar-refractivity contribution is 0.0687. The van der Waals surface area contributed by atoms with E-state index in [2.05, 4.69) is 0 Å². The van der Waals surface area contributed by atoms with E-state index in [0.29, 0.717) is 13.2 Å². The van der Waals surface area contributed by atoms with Crippen LogP contribution in [0.15, 0.2) is 54.5 Å². The normalized spacial score (nSPS) is 16.1. The Kier molecular flexibility index (Phi) is 3.37. The molecule has 0 amide bonds. The third kappa shape index (κ3) is 4.19. The van der Waals surface area contributed by atoms with Gasteiger partial charge in [0, 0.05) is 6.54 Å². The average molecular weight is 274 g/mol. The number of likely N-dealkylation sites (N-methyl/N-ethyl adjacent to an activating group) is 1. The van der Waals surface area contributed by atoms with Crippen LogP contribution < -0.4 is 0 Å². The molecule has 0 bridgehead atoms. The topological polar surface area (TPSA) is 12.5 Å². The summed E-state index contributed by atoms with van der Waals surface area (Å²) in [6, 6.07) is 6.08. The lowest BCUT2D eigenvalue weighted by Crippen LogP contribution is -2.20. The summed E-state index contributed by atoms with van der Waals surface area (Å²) in [5.74, 6) is 0. The van der Waals surface area contributed by atoms with Crippen LogP contribution in [0.5, 0.6) is 0 Å². The second-order valence-electron chi connectivity index (χ2n) is 5.01. The van der Waals surface area contributed by atoms with Gasteiger partial charge in [-0.3, -0.25) is 0 Å². The quantitative estimate of drug-likeness (QED) is 0.797. The van der Waals surface area contributed by atoms with Crippen LogP contribution in [0.25, 0.3) is 0 Å². The minimum absolute atomic E-state index is 0.176. The van der Waals surface area contributed by atoms with Crippen LogP contribution in [0.2, 0.25) is 0 Å². The molecular weight excluding hydrogens is 246 g/mol. The van der Waals surface area contributed by atoms with Gasteiger partial charge in [-0.15, -0.1) is 0 Å². The molecule has 0 radical (unpaired) electrons. The molecule has 0 N–H and O–H groups in total. The Morgan fingerprint density at radius 3 is 2.55 bits per heavy atom. The van der Waals surface area contributed by atoms with Crippen LogP contribution in [0.3, 0.4) is 0 Å². The predicted octanol–water partition coefficient (Wildman–Crippen LogP) is 3.66. The van der Waals surface area contributed by atoms with Crippen molar-refractivity contribution in [3.05, 3.63) is 71.2 Å². The molecular formula is C18H23NO. The molecule has 106 valence electrons. The molecule has 0 aliphatic carbocycles. The molecule has 20 heavy (non-hydrogen) atoms. The minimum atomic E-state index is -0.714. The number of aryl methyl sites for hydroxylation is 1. The number of nitrogens with zero attached hydrogens (tertiary/aromatic N) is 1. The molecule has 0 aliphatic rings. The molecule has 2 aromatic rings. The first-order valence-electron chi connectivity index (χ1n) is 9.13. The summed E-state index contributed by atoms with van der Waals surface area (Å²) in [5.41, 5.74) is 1.97. The Morgan fingerprint density at radius 2 is 1.90 bits per heavy atom. The SMILES string of the molecule is [2H]c1c([2H])c([2H])c(C(OCCN(C)C)c2cccc(C)c2)c([2H])c1[2H]. The Morgan fingerprint density at radius 1 is 1.15 bits per heavy atom. The maximum atomic E-state index is 8.23. The number of hydrogen-bond donors (Lipinski definition) is 0. The molecule has 2 nitrogen and oxygen atoms in total. The highest BCUT2D eigenvalue weighted by Crippen LogP contribution is 2.26. The number of rotatable bonds is 6. The highest BCUT2D eigenvalue weighted by molar-refractivity contribution is 5.32. The van der Waals surface area contributed by atoms with E-state index < -0.39 is 12.1 Å². The molecule has 2 rings (SSSR count). The second-order valence-corrected chi connectivity index (χ2v) is 5.01. The summed E-state index contributed by atoms with van der Waals surface area (Å²) in [6.07, 6.45) is -0.714. The number of hydrogen-bond acceptors (Lipinski definition) is 2. The van der Waals surface area contributed by atoms with Crippen molar-refractivity contribution in [1.82, 2.24) is 4.90 Å². The van der Waals surface area contributed by atoms with Crippen LogP contribution in [0.1, 0.15) is 29.6 Å². The van der Waals surface area contributed by atoms with E-state index in [1.54, 1.807) is 0 Å². The van der Waals surface area contributed by atoms with E-state index in [1.165, 1.54) is 0 Å².